The number of benzene rings is 3. The van der Waals surface area contributed by atoms with Crippen LogP contribution in [0.3, 0.4) is 0 Å². The van der Waals surface area contributed by atoms with Crippen molar-refractivity contribution in [2.75, 3.05) is 11.6 Å². The van der Waals surface area contributed by atoms with Crippen LogP contribution in [0.1, 0.15) is 56.7 Å². The highest BCUT2D eigenvalue weighted by molar-refractivity contribution is 6.10. The van der Waals surface area contributed by atoms with Crippen molar-refractivity contribution in [2.45, 2.75) is 59.0 Å². The molecule has 35 heavy (non-hydrogen) atoms. The fourth-order valence-electron chi connectivity index (χ4n) is 5.09. The first kappa shape index (κ1) is 24.7. The molecule has 1 aliphatic rings. The summed E-state index contributed by atoms with van der Waals surface area (Å²) in [5.41, 5.74) is 4.59. The van der Waals surface area contributed by atoms with Gasteiger partial charge in [-0.05, 0) is 50.5 Å². The second-order valence-corrected chi connectivity index (χ2v) is 9.65. The molecule has 1 amide bonds. The average Bonchev–Trinajstić information content (AvgIpc) is 3.20. The van der Waals surface area contributed by atoms with Gasteiger partial charge in [-0.25, -0.2) is 5.01 Å². The molecule has 1 aliphatic heterocycles. The topological polar surface area (TPSA) is 35.9 Å². The number of unbranched alkanes of at least 4 members (excludes halogenated alkanes) is 1. The summed E-state index contributed by atoms with van der Waals surface area (Å²) in [5, 5.41) is 7.19. The molecular formula is C31H37N3O. The van der Waals surface area contributed by atoms with Crippen LogP contribution in [0.15, 0.2) is 90.0 Å². The van der Waals surface area contributed by atoms with Gasteiger partial charge in [0.1, 0.15) is 5.54 Å². The first-order chi connectivity index (χ1) is 17.0. The van der Waals surface area contributed by atoms with E-state index in [1.807, 2.05) is 46.3 Å². The number of aryl methyl sites for hydroxylation is 1. The number of carbonyl (C=O) groups is 1. The van der Waals surface area contributed by atoms with Crippen LogP contribution in [0.2, 0.25) is 0 Å². The Labute approximate surface area is 210 Å². The van der Waals surface area contributed by atoms with E-state index in [1.54, 1.807) is 0 Å². The third-order valence-corrected chi connectivity index (χ3v) is 7.17. The van der Waals surface area contributed by atoms with Crippen LogP contribution in [0.25, 0.3) is 0 Å². The summed E-state index contributed by atoms with van der Waals surface area (Å²) in [6.07, 6.45) is 3.04. The molecule has 182 valence electrons. The number of rotatable bonds is 9. The number of likely N-dealkylation sites (N-methyl/N-ethyl adjacent to an activating group) is 1. The number of carbonyl (C=O) groups excluding carboxylic acids is 1. The Morgan fingerprint density at radius 1 is 0.943 bits per heavy atom. The Morgan fingerprint density at radius 3 is 2.17 bits per heavy atom. The standard InChI is InChI=1S/C31H37N3O/c1-5-7-18-28-29(26-21-19-24(3)20-22-26)32-34(27-16-12-9-13-17-27)31(28,4)30(35)33(6-2)23-25-14-10-8-11-15-25/h8-17,19-22,28H,5-7,18,23H2,1-4H3. The lowest BCUT2D eigenvalue weighted by atomic mass is 9.76. The molecule has 4 heteroatoms. The molecule has 0 bridgehead atoms. The molecular weight excluding hydrogens is 430 g/mol. The first-order valence-corrected chi connectivity index (χ1v) is 12.8. The predicted octanol–water partition coefficient (Wildman–Crippen LogP) is 6.83. The molecule has 4 rings (SSSR count). The Bertz CT molecular complexity index is 1140. The van der Waals surface area contributed by atoms with Crippen LogP contribution in [0.4, 0.5) is 5.69 Å². The third-order valence-electron chi connectivity index (χ3n) is 7.17. The van der Waals surface area contributed by atoms with Crippen LogP contribution >= 0.6 is 0 Å². The van der Waals surface area contributed by atoms with E-state index >= 15 is 0 Å². The molecule has 3 aromatic carbocycles. The number of anilines is 1. The lowest BCUT2D eigenvalue weighted by Gasteiger charge is -2.41. The Morgan fingerprint density at radius 2 is 1.57 bits per heavy atom. The number of hydrogen-bond donors (Lipinski definition) is 0. The quantitative estimate of drug-likeness (QED) is 0.346. The molecule has 3 aromatic rings. The highest BCUT2D eigenvalue weighted by atomic mass is 16.2. The van der Waals surface area contributed by atoms with Crippen molar-refractivity contribution in [3.63, 3.8) is 0 Å². The molecule has 0 saturated carbocycles. The summed E-state index contributed by atoms with van der Waals surface area (Å²) < 4.78 is 0. The molecule has 0 N–H and O–H groups in total. The van der Waals surface area contributed by atoms with Crippen molar-refractivity contribution in [3.8, 4) is 0 Å². The highest BCUT2D eigenvalue weighted by Gasteiger charge is 2.54. The van der Waals surface area contributed by atoms with Gasteiger partial charge in [0.2, 0.25) is 0 Å². The van der Waals surface area contributed by atoms with E-state index in [0.717, 1.165) is 41.8 Å². The molecule has 1 heterocycles. The SMILES string of the molecule is CCCCC1C(c2ccc(C)cc2)=NN(c2ccccc2)C1(C)C(=O)N(CC)Cc1ccccc1. The minimum atomic E-state index is -0.818. The summed E-state index contributed by atoms with van der Waals surface area (Å²) >= 11 is 0. The van der Waals surface area contributed by atoms with Crippen LogP contribution in [-0.2, 0) is 11.3 Å². The third kappa shape index (κ3) is 5.02. The van der Waals surface area contributed by atoms with E-state index in [-0.39, 0.29) is 11.8 Å². The number of para-hydroxylation sites is 1. The summed E-state index contributed by atoms with van der Waals surface area (Å²) in [6.45, 7) is 9.71. The lowest BCUT2D eigenvalue weighted by molar-refractivity contribution is -0.138. The molecule has 0 fully saturated rings. The van der Waals surface area contributed by atoms with E-state index in [9.17, 15) is 4.79 Å². The van der Waals surface area contributed by atoms with Gasteiger partial charge in [-0.2, -0.15) is 5.10 Å². The van der Waals surface area contributed by atoms with Crippen LogP contribution in [-0.4, -0.2) is 28.6 Å². The maximum atomic E-state index is 14.5. The fraction of sp³-hybridized carbons (Fsp3) is 0.355. The van der Waals surface area contributed by atoms with Crippen LogP contribution in [0.5, 0.6) is 0 Å². The van der Waals surface area contributed by atoms with E-state index in [2.05, 4.69) is 76.2 Å². The van der Waals surface area contributed by atoms with Crippen LogP contribution in [0, 0.1) is 12.8 Å². The van der Waals surface area contributed by atoms with E-state index < -0.39 is 5.54 Å². The average molecular weight is 468 g/mol. The summed E-state index contributed by atoms with van der Waals surface area (Å²) in [4.78, 5) is 16.5. The Kier molecular flexibility index (Phi) is 7.70. The number of nitrogens with zero attached hydrogens (tertiary/aromatic N) is 3. The normalized spacial score (nSPS) is 19.5. The number of hydrogen-bond acceptors (Lipinski definition) is 3. The van der Waals surface area contributed by atoms with E-state index in [4.69, 9.17) is 5.10 Å². The van der Waals surface area contributed by atoms with Gasteiger partial charge in [0, 0.05) is 19.0 Å². The van der Waals surface area contributed by atoms with Gasteiger partial charge in [-0.3, -0.25) is 4.79 Å². The maximum Gasteiger partial charge on any atom is 0.251 e. The predicted molar refractivity (Wildman–Crippen MR) is 146 cm³/mol. The molecule has 0 spiro atoms. The first-order valence-electron chi connectivity index (χ1n) is 12.8. The summed E-state index contributed by atoms with van der Waals surface area (Å²) in [6, 6.07) is 29.0. The van der Waals surface area contributed by atoms with Gasteiger partial charge >= 0.3 is 0 Å². The molecule has 0 radical (unpaired) electrons. The van der Waals surface area contributed by atoms with Gasteiger partial charge in [0.05, 0.1) is 11.4 Å². The zero-order valence-corrected chi connectivity index (χ0v) is 21.4. The zero-order valence-electron chi connectivity index (χ0n) is 21.4. The zero-order chi connectivity index (χ0) is 24.8. The highest BCUT2D eigenvalue weighted by Crippen LogP contribution is 2.42. The Balaban J connectivity index is 1.80. The summed E-state index contributed by atoms with van der Waals surface area (Å²) in [5.74, 6) is 0.113. The maximum absolute atomic E-state index is 14.5. The fourth-order valence-corrected chi connectivity index (χ4v) is 5.09. The lowest BCUT2D eigenvalue weighted by Crippen LogP contribution is -2.58. The van der Waals surface area contributed by atoms with Crippen molar-refractivity contribution in [1.82, 2.24) is 4.90 Å². The second kappa shape index (κ2) is 10.9. The minimum absolute atomic E-state index is 0.0114. The van der Waals surface area contributed by atoms with Gasteiger partial charge in [-0.1, -0.05) is 98.1 Å². The van der Waals surface area contributed by atoms with Gasteiger partial charge in [-0.15, -0.1) is 0 Å². The molecule has 0 aliphatic carbocycles. The monoisotopic (exact) mass is 467 g/mol. The molecule has 0 saturated heterocycles. The molecule has 2 unspecified atom stereocenters. The smallest absolute Gasteiger partial charge is 0.251 e. The van der Waals surface area contributed by atoms with Crippen molar-refractivity contribution in [2.24, 2.45) is 11.0 Å². The molecule has 0 aromatic heterocycles. The van der Waals surface area contributed by atoms with Crippen molar-refractivity contribution in [1.29, 1.82) is 0 Å². The van der Waals surface area contributed by atoms with Crippen LogP contribution < -0.4 is 5.01 Å². The van der Waals surface area contributed by atoms with Crippen molar-refractivity contribution in [3.05, 3.63) is 102 Å². The Hall–Kier alpha value is -3.40. The van der Waals surface area contributed by atoms with Gasteiger partial charge < -0.3 is 4.90 Å². The minimum Gasteiger partial charge on any atom is -0.337 e. The second-order valence-electron chi connectivity index (χ2n) is 9.65. The van der Waals surface area contributed by atoms with Crippen molar-refractivity contribution < 1.29 is 4.79 Å². The largest absolute Gasteiger partial charge is 0.337 e. The van der Waals surface area contributed by atoms with E-state index in [0.29, 0.717) is 13.1 Å². The molecule has 4 nitrogen and oxygen atoms in total. The van der Waals surface area contributed by atoms with Gasteiger partial charge in [0.15, 0.2) is 0 Å². The molecule has 2 atom stereocenters. The number of amides is 1. The van der Waals surface area contributed by atoms with Gasteiger partial charge in [0.25, 0.3) is 5.91 Å². The van der Waals surface area contributed by atoms with Crippen molar-refractivity contribution >= 4 is 17.3 Å². The number of hydrazone groups is 1. The van der Waals surface area contributed by atoms with E-state index in [1.165, 1.54) is 5.56 Å². The summed E-state index contributed by atoms with van der Waals surface area (Å²) in [7, 11) is 0.